The first-order valence-electron chi connectivity index (χ1n) is 5.88. The Morgan fingerprint density at radius 2 is 1.90 bits per heavy atom. The van der Waals surface area contributed by atoms with Gasteiger partial charge in [0.05, 0.1) is 11.3 Å². The zero-order valence-electron chi connectivity index (χ0n) is 11.0. The monoisotopic (exact) mass is 293 g/mol. The summed E-state index contributed by atoms with van der Waals surface area (Å²) < 4.78 is 26.1. The van der Waals surface area contributed by atoms with E-state index in [0.717, 1.165) is 17.8 Å². The van der Waals surface area contributed by atoms with Crippen LogP contribution in [-0.4, -0.2) is 9.97 Å². The summed E-state index contributed by atoms with van der Waals surface area (Å²) in [5.74, 6) is -1.82. The van der Waals surface area contributed by atoms with Crippen molar-refractivity contribution in [1.82, 2.24) is 4.98 Å². The van der Waals surface area contributed by atoms with Crippen LogP contribution in [0.15, 0.2) is 24.3 Å². The third kappa shape index (κ3) is 2.91. The molecular formula is C14H13F2N3S. The number of halogens is 2. The van der Waals surface area contributed by atoms with Crippen LogP contribution in [0.2, 0.25) is 0 Å². The number of hydrogen-bond donors (Lipinski definition) is 2. The van der Waals surface area contributed by atoms with Gasteiger partial charge in [-0.15, -0.1) is 0 Å². The molecule has 0 aliphatic heterocycles. The molecule has 2 rings (SSSR count). The van der Waals surface area contributed by atoms with Gasteiger partial charge in [0.15, 0.2) is 11.6 Å². The standard InChI is InChI=1S/C14H13F2N3S/c1-7-5-12(13(14(17)20)8(2)18-7)19-9-3-4-10(15)11(16)6-9/h3-6H,1-2H3,(H2,17,20)(H,18,19). The second-order valence-corrected chi connectivity index (χ2v) is 4.83. The van der Waals surface area contributed by atoms with Gasteiger partial charge in [0, 0.05) is 23.1 Å². The van der Waals surface area contributed by atoms with Crippen LogP contribution in [0.25, 0.3) is 0 Å². The third-order valence-electron chi connectivity index (χ3n) is 2.77. The van der Waals surface area contributed by atoms with Gasteiger partial charge < -0.3 is 11.1 Å². The van der Waals surface area contributed by atoms with E-state index in [1.54, 1.807) is 13.0 Å². The van der Waals surface area contributed by atoms with Crippen LogP contribution >= 0.6 is 12.2 Å². The van der Waals surface area contributed by atoms with Crippen molar-refractivity contribution in [2.24, 2.45) is 5.73 Å². The first-order valence-corrected chi connectivity index (χ1v) is 6.29. The van der Waals surface area contributed by atoms with Crippen LogP contribution in [0.1, 0.15) is 17.0 Å². The molecule has 0 unspecified atom stereocenters. The summed E-state index contributed by atoms with van der Waals surface area (Å²) >= 11 is 5.01. The lowest BCUT2D eigenvalue weighted by atomic mass is 10.1. The second-order valence-electron chi connectivity index (χ2n) is 4.39. The molecule has 2 aromatic rings. The minimum Gasteiger partial charge on any atom is -0.389 e. The van der Waals surface area contributed by atoms with Crippen LogP contribution in [0.3, 0.4) is 0 Å². The van der Waals surface area contributed by atoms with Crippen molar-refractivity contribution in [1.29, 1.82) is 0 Å². The van der Waals surface area contributed by atoms with Crippen LogP contribution in [-0.2, 0) is 0 Å². The van der Waals surface area contributed by atoms with Crippen molar-refractivity contribution in [3.8, 4) is 0 Å². The Labute approximate surface area is 120 Å². The summed E-state index contributed by atoms with van der Waals surface area (Å²) in [5, 5.41) is 2.99. The Hall–Kier alpha value is -2.08. The molecule has 0 saturated heterocycles. The van der Waals surface area contributed by atoms with Gasteiger partial charge in [0.25, 0.3) is 0 Å². The molecule has 1 heterocycles. The summed E-state index contributed by atoms with van der Waals surface area (Å²) in [7, 11) is 0. The highest BCUT2D eigenvalue weighted by Gasteiger charge is 2.12. The average molecular weight is 293 g/mol. The first kappa shape index (κ1) is 14.3. The SMILES string of the molecule is Cc1cc(Nc2ccc(F)c(F)c2)c(C(N)=S)c(C)n1. The van der Waals surface area contributed by atoms with Gasteiger partial charge in [-0.1, -0.05) is 12.2 Å². The molecule has 0 fully saturated rings. The molecule has 0 spiro atoms. The minimum atomic E-state index is -0.922. The number of hydrogen-bond acceptors (Lipinski definition) is 3. The van der Waals surface area contributed by atoms with E-state index in [9.17, 15) is 8.78 Å². The van der Waals surface area contributed by atoms with Crippen molar-refractivity contribution in [3.05, 3.63) is 52.9 Å². The number of nitrogens with one attached hydrogen (secondary N) is 1. The molecule has 0 aliphatic carbocycles. The molecule has 3 nitrogen and oxygen atoms in total. The molecule has 0 atom stereocenters. The molecule has 0 bridgehead atoms. The van der Waals surface area contributed by atoms with Gasteiger partial charge in [0.2, 0.25) is 0 Å². The normalized spacial score (nSPS) is 10.4. The Morgan fingerprint density at radius 1 is 1.20 bits per heavy atom. The number of nitrogens with two attached hydrogens (primary N) is 1. The highest BCUT2D eigenvalue weighted by Crippen LogP contribution is 2.25. The zero-order valence-corrected chi connectivity index (χ0v) is 11.8. The third-order valence-corrected chi connectivity index (χ3v) is 2.98. The Balaban J connectivity index is 2.47. The topological polar surface area (TPSA) is 50.9 Å². The first-order chi connectivity index (χ1) is 9.38. The smallest absolute Gasteiger partial charge is 0.160 e. The minimum absolute atomic E-state index is 0.195. The summed E-state index contributed by atoms with van der Waals surface area (Å²) in [4.78, 5) is 4.48. The van der Waals surface area contributed by atoms with E-state index in [4.69, 9.17) is 18.0 Å². The van der Waals surface area contributed by atoms with Crippen molar-refractivity contribution in [3.63, 3.8) is 0 Å². The lowest BCUT2D eigenvalue weighted by Crippen LogP contribution is -2.15. The van der Waals surface area contributed by atoms with Gasteiger partial charge in [-0.3, -0.25) is 4.98 Å². The Kier molecular flexibility index (Phi) is 3.94. The largest absolute Gasteiger partial charge is 0.389 e. The van der Waals surface area contributed by atoms with Gasteiger partial charge in [-0.05, 0) is 32.0 Å². The van der Waals surface area contributed by atoms with Crippen molar-refractivity contribution in [2.75, 3.05) is 5.32 Å². The molecule has 1 aromatic carbocycles. The summed E-state index contributed by atoms with van der Waals surface area (Å²) in [6.45, 7) is 3.62. The molecule has 6 heteroatoms. The Morgan fingerprint density at radius 3 is 2.50 bits per heavy atom. The van der Waals surface area contributed by atoms with Crippen LogP contribution in [0, 0.1) is 25.5 Å². The van der Waals surface area contributed by atoms with E-state index in [0.29, 0.717) is 22.6 Å². The van der Waals surface area contributed by atoms with Crippen LogP contribution < -0.4 is 11.1 Å². The molecule has 20 heavy (non-hydrogen) atoms. The molecule has 104 valence electrons. The highest BCUT2D eigenvalue weighted by atomic mass is 32.1. The maximum absolute atomic E-state index is 13.2. The van der Waals surface area contributed by atoms with Crippen LogP contribution in [0.4, 0.5) is 20.2 Å². The number of rotatable bonds is 3. The van der Waals surface area contributed by atoms with Gasteiger partial charge in [0.1, 0.15) is 4.99 Å². The summed E-state index contributed by atoms with van der Waals surface area (Å²) in [5.41, 5.74) is 8.76. The number of pyridine rings is 1. The molecule has 0 aliphatic rings. The predicted octanol–water partition coefficient (Wildman–Crippen LogP) is 3.35. The predicted molar refractivity (Wildman–Crippen MR) is 79.2 cm³/mol. The molecule has 3 N–H and O–H groups in total. The fourth-order valence-electron chi connectivity index (χ4n) is 1.97. The molecule has 1 aromatic heterocycles. The quantitative estimate of drug-likeness (QED) is 0.852. The highest BCUT2D eigenvalue weighted by molar-refractivity contribution is 7.80. The second kappa shape index (κ2) is 5.50. The van der Waals surface area contributed by atoms with Crippen molar-refractivity contribution >= 4 is 28.6 Å². The van der Waals surface area contributed by atoms with Gasteiger partial charge >= 0.3 is 0 Å². The maximum Gasteiger partial charge on any atom is 0.160 e. The zero-order chi connectivity index (χ0) is 14.9. The van der Waals surface area contributed by atoms with E-state index in [-0.39, 0.29) is 4.99 Å². The number of anilines is 2. The van der Waals surface area contributed by atoms with Gasteiger partial charge in [-0.2, -0.15) is 0 Å². The lowest BCUT2D eigenvalue weighted by molar-refractivity contribution is 0.509. The average Bonchev–Trinajstić information content (AvgIpc) is 2.32. The number of benzene rings is 1. The van der Waals surface area contributed by atoms with E-state index >= 15 is 0 Å². The summed E-state index contributed by atoms with van der Waals surface area (Å²) in [6.07, 6.45) is 0. The fourth-order valence-corrected chi connectivity index (χ4v) is 2.23. The Bertz CT molecular complexity index is 686. The molecule has 0 amide bonds. The van der Waals surface area contributed by atoms with Crippen LogP contribution in [0.5, 0.6) is 0 Å². The lowest BCUT2D eigenvalue weighted by Gasteiger charge is -2.14. The van der Waals surface area contributed by atoms with Crippen molar-refractivity contribution < 1.29 is 8.78 Å². The van der Waals surface area contributed by atoms with E-state index in [2.05, 4.69) is 10.3 Å². The molecular weight excluding hydrogens is 280 g/mol. The van der Waals surface area contributed by atoms with E-state index in [1.807, 2.05) is 6.92 Å². The fraction of sp³-hybridized carbons (Fsp3) is 0.143. The van der Waals surface area contributed by atoms with E-state index < -0.39 is 11.6 Å². The van der Waals surface area contributed by atoms with Crippen molar-refractivity contribution in [2.45, 2.75) is 13.8 Å². The molecule has 0 radical (unpaired) electrons. The maximum atomic E-state index is 13.2. The number of nitrogens with zero attached hydrogens (tertiary/aromatic N) is 1. The van der Waals surface area contributed by atoms with E-state index in [1.165, 1.54) is 6.07 Å². The number of aryl methyl sites for hydroxylation is 2. The number of thiocarbonyl (C=S) groups is 1. The number of aromatic nitrogens is 1. The summed E-state index contributed by atoms with van der Waals surface area (Å²) in [6, 6.07) is 5.32. The van der Waals surface area contributed by atoms with Gasteiger partial charge in [-0.25, -0.2) is 8.78 Å². The molecule has 0 saturated carbocycles.